The summed E-state index contributed by atoms with van der Waals surface area (Å²) >= 11 is 0. The largest absolute Gasteiger partial charge is 0.463 e. The Morgan fingerprint density at radius 3 is 0.721 bits per heavy atom. The van der Waals surface area contributed by atoms with Crippen LogP contribution in [0, 0.1) is 0 Å². The Labute approximate surface area is 858 Å². The van der Waals surface area contributed by atoms with Crippen molar-refractivity contribution in [1.29, 1.82) is 0 Å². The molecule has 0 spiro atoms. The molecular weight excluding hydrogens is 1940 g/mol. The Morgan fingerprint density at radius 2 is 0.469 bits per heavy atom. The first-order valence-corrected chi connectivity index (χ1v) is 50.7. The van der Waals surface area contributed by atoms with Crippen molar-refractivity contribution in [2.45, 2.75) is 367 Å². The van der Waals surface area contributed by atoms with Crippen LogP contribution in [0.2, 0.25) is 0 Å². The minimum Gasteiger partial charge on any atom is -0.463 e. The van der Waals surface area contributed by atoms with Crippen LogP contribution in [0.25, 0.3) is 0 Å². The van der Waals surface area contributed by atoms with Gasteiger partial charge >= 0.3 is 53.7 Å². The van der Waals surface area contributed by atoms with Crippen LogP contribution >= 0.6 is 0 Å². The maximum absolute atomic E-state index is 14.2. The first-order valence-electron chi connectivity index (χ1n) is 50.7. The van der Waals surface area contributed by atoms with Gasteiger partial charge in [-0.1, -0.05) is 51.4 Å². The van der Waals surface area contributed by atoms with Gasteiger partial charge in [0.2, 0.25) is 65.0 Å². The van der Waals surface area contributed by atoms with E-state index in [1.165, 1.54) is 20.8 Å². The minimum atomic E-state index is -1.49. The Bertz CT molecular complexity index is 3710. The van der Waals surface area contributed by atoms with E-state index in [2.05, 4.69) is 58.5 Å². The maximum Gasteiger partial charge on any atom is 0.303 e. The molecule has 3 fully saturated rings. The van der Waals surface area contributed by atoms with Crippen LogP contribution < -0.4 is 58.5 Å². The van der Waals surface area contributed by atoms with E-state index in [0.29, 0.717) is 83.6 Å². The second-order valence-electron chi connectivity index (χ2n) is 35.9. The Balaban J connectivity index is 1.71. The predicted octanol–water partition coefficient (Wildman–Crippen LogP) is 1.03. The van der Waals surface area contributed by atoms with Gasteiger partial charge in [0.1, 0.15) is 61.8 Å². The van der Waals surface area contributed by atoms with Gasteiger partial charge in [-0.05, 0) is 83.5 Å². The number of carbonyl (C=O) groups is 20. The fourth-order valence-corrected chi connectivity index (χ4v) is 15.7. The van der Waals surface area contributed by atoms with Crippen molar-refractivity contribution < 1.29 is 186 Å². The molecule has 3 saturated heterocycles. The van der Waals surface area contributed by atoms with E-state index < -0.39 is 212 Å². The minimum absolute atomic E-state index is 0.0166. The van der Waals surface area contributed by atoms with Gasteiger partial charge in [0.05, 0.1) is 39.6 Å². The van der Waals surface area contributed by atoms with Crippen LogP contribution in [0.3, 0.4) is 0 Å². The SMILES string of the molecule is CC(=O)NC1C(OC(C)=O)[C@@H](OC(C)=O)C(COC(C)=O)O[C@H]1OCCCCC(=O)NCCCNC(=O)CCOCC(COCCC(=O)NCCCNC(=O)CCCCO[C@@H]1OC(COC(C)=O)[C@H](OC(C)=O)C(OC(C)=O)C1NC(C)=O)(COCCC(=O)NCCCNC(=O)CCCCO[C@@H]1OC(COC(C)=O)[C@H](OC(C)=O)C(OC(C)=O)C1NC(C)=O)NC(=O)CCCCCCCCCCC(=O)NCCCCCCO. The molecule has 50 heteroatoms. The summed E-state index contributed by atoms with van der Waals surface area (Å²) in [5, 5.41) is 39.7. The van der Waals surface area contributed by atoms with Crippen molar-refractivity contribution in [2.75, 3.05) is 132 Å². The predicted molar refractivity (Wildman–Crippen MR) is 515 cm³/mol. The number of aliphatic hydroxyl groups excluding tert-OH is 1. The summed E-state index contributed by atoms with van der Waals surface area (Å²) in [5.41, 5.74) is -1.49. The molecule has 9 unspecified atom stereocenters. The van der Waals surface area contributed by atoms with Crippen molar-refractivity contribution in [1.82, 2.24) is 58.5 Å². The molecule has 50 nitrogen and oxygen atoms in total. The Hall–Kier alpha value is -11.0. The van der Waals surface area contributed by atoms with Crippen LogP contribution in [0.4, 0.5) is 0 Å². The highest BCUT2D eigenvalue weighted by atomic mass is 16.7. The molecule has 15 atom stereocenters. The van der Waals surface area contributed by atoms with Gasteiger partial charge in [0.15, 0.2) is 55.5 Å². The molecule has 0 aromatic rings. The van der Waals surface area contributed by atoms with E-state index in [1.54, 1.807) is 0 Å². The first kappa shape index (κ1) is 130. The highest BCUT2D eigenvalue weighted by Crippen LogP contribution is 2.33. The number of rotatable bonds is 78. The molecule has 3 aliphatic rings. The smallest absolute Gasteiger partial charge is 0.303 e. The van der Waals surface area contributed by atoms with Crippen molar-refractivity contribution >= 4 is 119 Å². The first-order chi connectivity index (χ1) is 70.1. The summed E-state index contributed by atoms with van der Waals surface area (Å²) in [6, 6.07) is -3.53. The topological polar surface area (TPSA) is 660 Å². The van der Waals surface area contributed by atoms with Crippen molar-refractivity contribution in [3.8, 4) is 0 Å². The molecule has 3 aliphatic heterocycles. The summed E-state index contributed by atoms with van der Waals surface area (Å²) in [5.74, 6) is -10.9. The van der Waals surface area contributed by atoms with Gasteiger partial charge in [-0.15, -0.1) is 0 Å². The average molecular weight is 2110 g/mol. The summed E-state index contributed by atoms with van der Waals surface area (Å²) < 4.78 is 103. The zero-order valence-corrected chi connectivity index (χ0v) is 87.3. The highest BCUT2D eigenvalue weighted by molar-refractivity contribution is 5.80. The van der Waals surface area contributed by atoms with Gasteiger partial charge in [-0.3, -0.25) is 95.9 Å². The number of hydrogen-bond acceptors (Lipinski definition) is 39. The number of aliphatic hydroxyl groups is 1. The molecule has 0 bridgehead atoms. The summed E-state index contributed by atoms with van der Waals surface area (Å²) in [4.78, 5) is 251. The third-order valence-corrected chi connectivity index (χ3v) is 22.4. The van der Waals surface area contributed by atoms with Crippen molar-refractivity contribution in [3.63, 3.8) is 0 Å². The Kier molecular flexibility index (Phi) is 67.7. The van der Waals surface area contributed by atoms with Gasteiger partial charge in [0.25, 0.3) is 0 Å². The fraction of sp³-hybridized carbons (Fsp3) is 0.794. The zero-order chi connectivity index (χ0) is 109. The normalized spacial score (nSPS) is 20.7. The van der Waals surface area contributed by atoms with Gasteiger partial charge in [0, 0.05) is 207 Å². The van der Waals surface area contributed by atoms with Crippen LogP contribution in [-0.4, -0.2) is 353 Å². The molecule has 3 heterocycles. The molecule has 0 aromatic carbocycles. The van der Waals surface area contributed by atoms with E-state index in [9.17, 15) is 95.9 Å². The maximum atomic E-state index is 14.2. The lowest BCUT2D eigenvalue weighted by molar-refractivity contribution is -0.277. The van der Waals surface area contributed by atoms with Crippen LogP contribution in [0.5, 0.6) is 0 Å². The number of unbranched alkanes of at least 4 members (excludes halogenated alkanes) is 13. The van der Waals surface area contributed by atoms with Gasteiger partial charge < -0.3 is 149 Å². The van der Waals surface area contributed by atoms with Gasteiger partial charge in [-0.2, -0.15) is 0 Å². The molecule has 838 valence electrons. The van der Waals surface area contributed by atoms with E-state index in [-0.39, 0.29) is 174 Å². The molecule has 12 N–H and O–H groups in total. The molecule has 11 amide bonds. The van der Waals surface area contributed by atoms with Crippen LogP contribution in [-0.2, 0) is 181 Å². The molecule has 0 radical (unpaired) electrons. The van der Waals surface area contributed by atoms with E-state index in [1.807, 2.05) is 0 Å². The van der Waals surface area contributed by atoms with Crippen LogP contribution in [0.15, 0.2) is 0 Å². The average Bonchev–Trinajstić information content (AvgIpc) is 0.792. The lowest BCUT2D eigenvalue weighted by Crippen LogP contribution is -2.66. The summed E-state index contributed by atoms with van der Waals surface area (Å²) in [7, 11) is 0. The summed E-state index contributed by atoms with van der Waals surface area (Å²) in [6.45, 7) is 12.9. The number of carbonyl (C=O) groups excluding carboxylic acids is 20. The van der Waals surface area contributed by atoms with E-state index in [0.717, 1.165) is 127 Å². The second kappa shape index (κ2) is 76.5. The third-order valence-electron chi connectivity index (χ3n) is 22.4. The zero-order valence-electron chi connectivity index (χ0n) is 87.3. The molecular formula is C97H161N11O39. The molecule has 0 saturated carbocycles. The van der Waals surface area contributed by atoms with Crippen molar-refractivity contribution in [3.05, 3.63) is 0 Å². The number of esters is 9. The van der Waals surface area contributed by atoms with E-state index in [4.69, 9.17) is 90.4 Å². The quantitative estimate of drug-likeness (QED) is 0.0230. The Morgan fingerprint density at radius 1 is 0.245 bits per heavy atom. The highest BCUT2D eigenvalue weighted by Gasteiger charge is 2.55. The lowest BCUT2D eigenvalue weighted by atomic mass is 9.96. The van der Waals surface area contributed by atoms with E-state index >= 15 is 0 Å². The molecule has 3 rings (SSSR count). The lowest BCUT2D eigenvalue weighted by Gasteiger charge is -2.44. The van der Waals surface area contributed by atoms with Gasteiger partial charge in [-0.25, -0.2) is 0 Å². The number of amides is 11. The standard InChI is InChI=1S/C97H161N11O39/c1-62(110)105-85-91(142-71(10)119)88(139-68(7)116)74(56-136-65(4)113)145-94(85)133-50-28-23-35-78(123)99-43-31-46-102-81(126)39-53-130-59-97(108-84(129)38-22-18-16-14-13-15-17-21-34-77(122)98-42-26-19-20-27-49-109,60-131-54-40-82(127)103-47-32-44-100-79(124)36-24-29-51-134-95-86(106-63(2)111)92(143-72(11)120)89(140-69(8)117)75(146-95)57-137-66(5)114)61-132-55-41-83(128)104-48-33-45-101-80(125)37-25-30-52-135-96-87(107-64(3)112)93(144-73(12)121)90(141-70(9)118)76(147-96)58-138-67(6)115/h74-76,85-96,109H,13-61H2,1-12H3,(H,98,122)(H,99,123)(H,100,124)(H,101,125)(H,102,126)(H,103,127)(H,104,128)(H,105,110)(H,106,111)(H,107,112)(H,108,129)/t74?,75?,76?,85?,86?,87?,88-,89-,90-,91?,92?,93?,94+,95+,96+,97?/m0/s1. The van der Waals surface area contributed by atoms with Crippen molar-refractivity contribution in [2.24, 2.45) is 0 Å². The molecule has 0 aromatic heterocycles. The number of nitrogens with one attached hydrogen (secondary N) is 11. The van der Waals surface area contributed by atoms with Crippen LogP contribution in [0.1, 0.15) is 269 Å². The third kappa shape index (κ3) is 60.9. The fourth-order valence-electron chi connectivity index (χ4n) is 15.7. The second-order valence-corrected chi connectivity index (χ2v) is 35.9. The molecule has 0 aliphatic carbocycles. The molecule has 147 heavy (non-hydrogen) atoms. The number of hydrogen-bond donors (Lipinski definition) is 12. The summed E-state index contributed by atoms with van der Waals surface area (Å²) in [6.07, 6.45) is -2.22. The number of ether oxygens (including phenoxy) is 18. The monoisotopic (exact) mass is 2100 g/mol.